The third-order valence-corrected chi connectivity index (χ3v) is 6.21. The van der Waals surface area contributed by atoms with E-state index in [1.165, 1.54) is 92.1 Å². The van der Waals surface area contributed by atoms with Crippen LogP contribution in [-0.2, 0) is 19.3 Å². The van der Waals surface area contributed by atoms with E-state index in [0.717, 1.165) is 18.5 Å². The molecule has 2 heteroatoms. The fourth-order valence-corrected chi connectivity index (χ4v) is 4.59. The van der Waals surface area contributed by atoms with Crippen LogP contribution in [0.3, 0.4) is 0 Å². The van der Waals surface area contributed by atoms with Gasteiger partial charge in [0.05, 0.1) is 5.52 Å². The van der Waals surface area contributed by atoms with Gasteiger partial charge in [0.1, 0.15) is 0 Å². The standard InChI is InChI=1S/C27H34N2/c1(3-6-14-22-15-7-5-8-16-22)2-4-13-21-28-27-23-17-9-11-19-25(23)29-26-20-12-10-18-24(26)27/h5,7-9,11,15-17,19H,1-4,6,10,12-14,18,20-21H2,(H,28,29). The van der Waals surface area contributed by atoms with Crippen LogP contribution in [0.25, 0.3) is 10.9 Å². The second-order valence-electron chi connectivity index (χ2n) is 8.42. The Kier molecular flexibility index (Phi) is 7.18. The van der Waals surface area contributed by atoms with Crippen LogP contribution in [0, 0.1) is 0 Å². The summed E-state index contributed by atoms with van der Waals surface area (Å²) in [5.41, 5.74) is 6.80. The maximum Gasteiger partial charge on any atom is 0.0726 e. The molecule has 1 N–H and O–H groups in total. The highest BCUT2D eigenvalue weighted by Gasteiger charge is 2.17. The van der Waals surface area contributed by atoms with Crippen molar-refractivity contribution in [3.05, 3.63) is 71.4 Å². The second-order valence-corrected chi connectivity index (χ2v) is 8.42. The van der Waals surface area contributed by atoms with E-state index in [2.05, 4.69) is 59.9 Å². The van der Waals surface area contributed by atoms with Crippen LogP contribution in [0.4, 0.5) is 5.69 Å². The number of nitrogens with zero attached hydrogens (tertiary/aromatic N) is 1. The monoisotopic (exact) mass is 386 g/mol. The second kappa shape index (κ2) is 10.4. The first-order valence-corrected chi connectivity index (χ1v) is 11.6. The number of aryl methyl sites for hydroxylation is 2. The van der Waals surface area contributed by atoms with Gasteiger partial charge in [0.25, 0.3) is 0 Å². The maximum absolute atomic E-state index is 4.94. The van der Waals surface area contributed by atoms with E-state index in [0.29, 0.717) is 0 Å². The Morgan fingerprint density at radius 2 is 1.45 bits per heavy atom. The lowest BCUT2D eigenvalue weighted by molar-refractivity contribution is 0.601. The molecule has 0 fully saturated rings. The normalized spacial score (nSPS) is 13.4. The van der Waals surface area contributed by atoms with Gasteiger partial charge in [-0.05, 0) is 62.1 Å². The summed E-state index contributed by atoms with van der Waals surface area (Å²) in [6.45, 7) is 1.07. The number of nitrogens with one attached hydrogen (secondary N) is 1. The molecule has 1 heterocycles. The fourth-order valence-electron chi connectivity index (χ4n) is 4.59. The van der Waals surface area contributed by atoms with Crippen molar-refractivity contribution in [2.75, 3.05) is 11.9 Å². The minimum absolute atomic E-state index is 1.07. The number of aromatic nitrogens is 1. The number of anilines is 1. The van der Waals surface area contributed by atoms with Crippen molar-refractivity contribution in [1.82, 2.24) is 4.98 Å². The maximum atomic E-state index is 4.94. The van der Waals surface area contributed by atoms with Crippen LogP contribution in [-0.4, -0.2) is 11.5 Å². The van der Waals surface area contributed by atoms with Gasteiger partial charge in [0, 0.05) is 23.3 Å². The highest BCUT2D eigenvalue weighted by molar-refractivity contribution is 5.93. The van der Waals surface area contributed by atoms with Crippen molar-refractivity contribution >= 4 is 16.6 Å². The molecule has 0 unspecified atom stereocenters. The first-order valence-electron chi connectivity index (χ1n) is 11.6. The molecule has 152 valence electrons. The number of fused-ring (bicyclic) bond motifs is 2. The minimum Gasteiger partial charge on any atom is -0.384 e. The van der Waals surface area contributed by atoms with Gasteiger partial charge in [-0.1, -0.05) is 74.2 Å². The summed E-state index contributed by atoms with van der Waals surface area (Å²) in [5.74, 6) is 0. The number of hydrogen-bond donors (Lipinski definition) is 1. The van der Waals surface area contributed by atoms with Gasteiger partial charge in [0.2, 0.25) is 0 Å². The Morgan fingerprint density at radius 1 is 0.724 bits per heavy atom. The molecule has 29 heavy (non-hydrogen) atoms. The SMILES string of the molecule is c1ccc(CCCCCCCCNc2c3c(nc4ccccc24)CCCC3)cc1. The highest BCUT2D eigenvalue weighted by atomic mass is 14.9. The predicted molar refractivity (Wildman–Crippen MR) is 125 cm³/mol. The zero-order valence-corrected chi connectivity index (χ0v) is 17.6. The van der Waals surface area contributed by atoms with E-state index >= 15 is 0 Å². The van der Waals surface area contributed by atoms with Crippen molar-refractivity contribution in [2.24, 2.45) is 0 Å². The van der Waals surface area contributed by atoms with E-state index in [1.807, 2.05) is 0 Å². The molecule has 0 amide bonds. The van der Waals surface area contributed by atoms with Gasteiger partial charge in [0.15, 0.2) is 0 Å². The molecule has 0 radical (unpaired) electrons. The summed E-state index contributed by atoms with van der Waals surface area (Å²) in [5, 5.41) is 5.10. The van der Waals surface area contributed by atoms with Crippen LogP contribution < -0.4 is 5.32 Å². The molecule has 3 aromatic rings. The minimum atomic E-state index is 1.07. The summed E-state index contributed by atoms with van der Waals surface area (Å²) in [6, 6.07) is 19.5. The topological polar surface area (TPSA) is 24.9 Å². The summed E-state index contributed by atoms with van der Waals surface area (Å²) >= 11 is 0. The van der Waals surface area contributed by atoms with Crippen LogP contribution in [0.2, 0.25) is 0 Å². The molecule has 0 saturated carbocycles. The zero-order chi connectivity index (χ0) is 19.7. The Hall–Kier alpha value is -2.35. The largest absolute Gasteiger partial charge is 0.384 e. The highest BCUT2D eigenvalue weighted by Crippen LogP contribution is 2.33. The van der Waals surface area contributed by atoms with E-state index in [-0.39, 0.29) is 0 Å². The van der Waals surface area contributed by atoms with Gasteiger partial charge >= 0.3 is 0 Å². The van der Waals surface area contributed by atoms with Crippen molar-refractivity contribution in [3.63, 3.8) is 0 Å². The number of pyridine rings is 1. The summed E-state index contributed by atoms with van der Waals surface area (Å²) in [7, 11) is 0. The molecule has 0 spiro atoms. The average molecular weight is 387 g/mol. The van der Waals surface area contributed by atoms with Crippen LogP contribution >= 0.6 is 0 Å². The molecule has 0 saturated heterocycles. The van der Waals surface area contributed by atoms with E-state index in [9.17, 15) is 0 Å². The average Bonchev–Trinajstić information content (AvgIpc) is 2.78. The van der Waals surface area contributed by atoms with E-state index < -0.39 is 0 Å². The van der Waals surface area contributed by atoms with Crippen molar-refractivity contribution in [1.29, 1.82) is 0 Å². The zero-order valence-electron chi connectivity index (χ0n) is 17.6. The predicted octanol–water partition coefficient (Wildman–Crippen LogP) is 7.11. The molecule has 4 rings (SSSR count). The molecule has 2 aromatic carbocycles. The molecule has 0 atom stereocenters. The molecular formula is C27H34N2. The van der Waals surface area contributed by atoms with Crippen LogP contribution in [0.1, 0.15) is 68.2 Å². The number of rotatable bonds is 10. The number of unbranched alkanes of at least 4 members (excludes halogenated alkanes) is 5. The molecule has 2 nitrogen and oxygen atoms in total. The summed E-state index contributed by atoms with van der Waals surface area (Å²) < 4.78 is 0. The Bertz CT molecular complexity index is 901. The van der Waals surface area contributed by atoms with Gasteiger partial charge in [-0.15, -0.1) is 0 Å². The van der Waals surface area contributed by atoms with E-state index in [4.69, 9.17) is 4.98 Å². The van der Waals surface area contributed by atoms with Crippen molar-refractivity contribution < 1.29 is 0 Å². The molecule has 1 aliphatic rings. The molecule has 0 aliphatic heterocycles. The van der Waals surface area contributed by atoms with Crippen LogP contribution in [0.15, 0.2) is 54.6 Å². The lowest BCUT2D eigenvalue weighted by Gasteiger charge is -2.21. The number of para-hydroxylation sites is 1. The fraction of sp³-hybridized carbons (Fsp3) is 0.444. The summed E-state index contributed by atoms with van der Waals surface area (Å²) in [4.78, 5) is 4.94. The van der Waals surface area contributed by atoms with Gasteiger partial charge in [-0.25, -0.2) is 0 Å². The summed E-state index contributed by atoms with van der Waals surface area (Å²) in [6.07, 6.45) is 14.1. The Balaban J connectivity index is 1.20. The molecule has 1 aromatic heterocycles. The Labute approximate surface area is 175 Å². The lowest BCUT2D eigenvalue weighted by Crippen LogP contribution is -2.12. The first-order chi connectivity index (χ1) is 14.4. The first kappa shape index (κ1) is 19.9. The third kappa shape index (κ3) is 5.38. The molecule has 0 bridgehead atoms. The van der Waals surface area contributed by atoms with Crippen LogP contribution in [0.5, 0.6) is 0 Å². The molecular weight excluding hydrogens is 352 g/mol. The third-order valence-electron chi connectivity index (χ3n) is 6.21. The van der Waals surface area contributed by atoms with E-state index in [1.54, 1.807) is 0 Å². The quantitative estimate of drug-likeness (QED) is 0.376. The van der Waals surface area contributed by atoms with Gasteiger partial charge < -0.3 is 5.32 Å². The van der Waals surface area contributed by atoms with Gasteiger partial charge in [-0.3, -0.25) is 4.98 Å². The number of hydrogen-bond acceptors (Lipinski definition) is 2. The lowest BCUT2D eigenvalue weighted by atomic mass is 9.92. The van der Waals surface area contributed by atoms with Crippen molar-refractivity contribution in [2.45, 2.75) is 70.6 Å². The van der Waals surface area contributed by atoms with Crippen molar-refractivity contribution in [3.8, 4) is 0 Å². The smallest absolute Gasteiger partial charge is 0.0726 e. The number of benzene rings is 2. The molecule has 1 aliphatic carbocycles. The van der Waals surface area contributed by atoms with Gasteiger partial charge in [-0.2, -0.15) is 0 Å². The Morgan fingerprint density at radius 3 is 2.34 bits per heavy atom.